The lowest BCUT2D eigenvalue weighted by Gasteiger charge is -2.27. The first-order valence-corrected chi connectivity index (χ1v) is 9.31. The first kappa shape index (κ1) is 18.4. The average Bonchev–Trinajstić information content (AvgIpc) is 3.20. The van der Waals surface area contributed by atoms with Crippen LogP contribution in [0.5, 0.6) is 0 Å². The smallest absolute Gasteiger partial charge is 0.296 e. The van der Waals surface area contributed by atoms with Gasteiger partial charge in [0, 0.05) is 25.5 Å². The largest absolute Gasteiger partial charge is 0.378 e. The van der Waals surface area contributed by atoms with Crippen molar-refractivity contribution in [1.29, 1.82) is 0 Å². The van der Waals surface area contributed by atoms with Gasteiger partial charge >= 0.3 is 0 Å². The van der Waals surface area contributed by atoms with E-state index in [1.165, 1.54) is 10.9 Å². The van der Waals surface area contributed by atoms with Crippen molar-refractivity contribution in [3.63, 3.8) is 0 Å². The Kier molecular flexibility index (Phi) is 4.71. The van der Waals surface area contributed by atoms with Gasteiger partial charge in [0.05, 0.1) is 29.8 Å². The zero-order valence-electron chi connectivity index (χ0n) is 15.7. The van der Waals surface area contributed by atoms with E-state index in [1.807, 2.05) is 4.90 Å². The average molecular weight is 410 g/mol. The van der Waals surface area contributed by atoms with Crippen LogP contribution in [0.25, 0.3) is 28.4 Å². The Bertz CT molecular complexity index is 1180. The highest BCUT2D eigenvalue weighted by Gasteiger charge is 2.24. The SMILES string of the molecule is FC(F)c1nc2ccccc2n1-c1nc(-c2cncnc2)nc(N2CCOCC2)n1. The Labute approximate surface area is 169 Å². The van der Waals surface area contributed by atoms with Crippen molar-refractivity contribution in [2.24, 2.45) is 0 Å². The first-order chi connectivity index (χ1) is 14.7. The summed E-state index contributed by atoms with van der Waals surface area (Å²) in [6, 6.07) is 6.88. The van der Waals surface area contributed by atoms with Crippen LogP contribution in [0.15, 0.2) is 43.0 Å². The minimum absolute atomic E-state index is 0.0642. The molecule has 1 aliphatic heterocycles. The topological polar surface area (TPSA) is 94.7 Å². The van der Waals surface area contributed by atoms with Gasteiger partial charge in [-0.1, -0.05) is 12.1 Å². The molecule has 4 heterocycles. The summed E-state index contributed by atoms with van der Waals surface area (Å²) >= 11 is 0. The number of nitrogens with zero attached hydrogens (tertiary/aromatic N) is 8. The quantitative estimate of drug-likeness (QED) is 0.506. The van der Waals surface area contributed by atoms with Crippen molar-refractivity contribution in [2.45, 2.75) is 6.43 Å². The third kappa shape index (κ3) is 3.32. The van der Waals surface area contributed by atoms with Crippen LogP contribution < -0.4 is 4.90 Å². The van der Waals surface area contributed by atoms with E-state index in [1.54, 1.807) is 36.7 Å². The molecule has 1 aromatic carbocycles. The first-order valence-electron chi connectivity index (χ1n) is 9.31. The number of benzene rings is 1. The van der Waals surface area contributed by atoms with E-state index in [4.69, 9.17) is 4.74 Å². The van der Waals surface area contributed by atoms with E-state index >= 15 is 0 Å². The van der Waals surface area contributed by atoms with Crippen LogP contribution in [0.3, 0.4) is 0 Å². The molecule has 1 fully saturated rings. The summed E-state index contributed by atoms with van der Waals surface area (Å²) in [5.41, 5.74) is 1.48. The van der Waals surface area contributed by atoms with Crippen LogP contribution in [-0.2, 0) is 4.74 Å². The van der Waals surface area contributed by atoms with E-state index in [-0.39, 0.29) is 5.95 Å². The van der Waals surface area contributed by atoms with Crippen LogP contribution in [0, 0.1) is 0 Å². The number of halogens is 2. The number of rotatable bonds is 4. The van der Waals surface area contributed by atoms with E-state index in [0.717, 1.165) is 0 Å². The fourth-order valence-electron chi connectivity index (χ4n) is 3.30. The maximum Gasteiger partial charge on any atom is 0.296 e. The van der Waals surface area contributed by atoms with Crippen LogP contribution in [0.1, 0.15) is 12.2 Å². The fourth-order valence-corrected chi connectivity index (χ4v) is 3.30. The number of ether oxygens (including phenoxy) is 1. The zero-order chi connectivity index (χ0) is 20.5. The molecule has 30 heavy (non-hydrogen) atoms. The number of para-hydroxylation sites is 2. The molecule has 11 heteroatoms. The van der Waals surface area contributed by atoms with Gasteiger partial charge in [-0.15, -0.1) is 0 Å². The second-order valence-electron chi connectivity index (χ2n) is 6.58. The number of alkyl halides is 2. The molecule has 0 saturated carbocycles. The van der Waals surface area contributed by atoms with Gasteiger partial charge in [0.25, 0.3) is 6.43 Å². The lowest BCUT2D eigenvalue weighted by molar-refractivity contribution is 0.122. The van der Waals surface area contributed by atoms with Gasteiger partial charge in [0.1, 0.15) is 6.33 Å². The molecule has 4 aromatic rings. The summed E-state index contributed by atoms with van der Waals surface area (Å²) in [4.78, 5) is 27.6. The molecule has 9 nitrogen and oxygen atoms in total. The van der Waals surface area contributed by atoms with Crippen LogP contribution in [0.2, 0.25) is 0 Å². The summed E-state index contributed by atoms with van der Waals surface area (Å²) < 4.78 is 34.3. The van der Waals surface area contributed by atoms with Crippen molar-refractivity contribution in [2.75, 3.05) is 31.2 Å². The van der Waals surface area contributed by atoms with Gasteiger partial charge < -0.3 is 9.64 Å². The molecule has 0 radical (unpaired) electrons. The van der Waals surface area contributed by atoms with Crippen molar-refractivity contribution < 1.29 is 13.5 Å². The van der Waals surface area contributed by atoms with Crippen LogP contribution in [0.4, 0.5) is 14.7 Å². The van der Waals surface area contributed by atoms with Gasteiger partial charge in [-0.2, -0.15) is 15.0 Å². The molecular weight excluding hydrogens is 394 g/mol. The van der Waals surface area contributed by atoms with Gasteiger partial charge in [-0.25, -0.2) is 23.7 Å². The number of hydrogen-bond donors (Lipinski definition) is 0. The Balaban J connectivity index is 1.74. The molecular formula is C19H16F2N8O. The monoisotopic (exact) mass is 410 g/mol. The minimum atomic E-state index is -2.80. The van der Waals surface area contributed by atoms with Gasteiger partial charge in [-0.3, -0.25) is 4.57 Å². The van der Waals surface area contributed by atoms with Crippen LogP contribution in [-0.4, -0.2) is 60.8 Å². The Morgan fingerprint density at radius 3 is 2.40 bits per heavy atom. The summed E-state index contributed by atoms with van der Waals surface area (Å²) in [6.45, 7) is 2.23. The maximum absolute atomic E-state index is 13.8. The number of morpholine rings is 1. The van der Waals surface area contributed by atoms with Crippen molar-refractivity contribution in [3.05, 3.63) is 48.8 Å². The standard InChI is InChI=1S/C19H16F2N8O/c20-15(21)17-24-13-3-1-2-4-14(13)29(17)19-26-16(12-9-22-11-23-10-12)25-18(27-19)28-5-7-30-8-6-28/h1-4,9-11,15H,5-8H2. The second kappa shape index (κ2) is 7.67. The molecule has 5 rings (SSSR count). The second-order valence-corrected chi connectivity index (χ2v) is 6.58. The van der Waals surface area contributed by atoms with Gasteiger partial charge in [0.15, 0.2) is 11.6 Å². The van der Waals surface area contributed by atoms with E-state index in [2.05, 4.69) is 29.9 Å². The Morgan fingerprint density at radius 2 is 1.63 bits per heavy atom. The highest BCUT2D eigenvalue weighted by Crippen LogP contribution is 2.28. The maximum atomic E-state index is 13.8. The predicted molar refractivity (Wildman–Crippen MR) is 103 cm³/mol. The van der Waals surface area contributed by atoms with E-state index < -0.39 is 12.2 Å². The molecule has 0 atom stereocenters. The Hall–Kier alpha value is -3.60. The highest BCUT2D eigenvalue weighted by molar-refractivity contribution is 5.77. The molecule has 0 amide bonds. The lowest BCUT2D eigenvalue weighted by atomic mass is 10.3. The molecule has 1 aliphatic rings. The van der Waals surface area contributed by atoms with Crippen LogP contribution >= 0.6 is 0 Å². The predicted octanol–water partition coefficient (Wildman–Crippen LogP) is 2.44. The third-order valence-corrected chi connectivity index (χ3v) is 4.71. The molecule has 152 valence electrons. The van der Waals surface area contributed by atoms with Gasteiger partial charge in [0.2, 0.25) is 11.9 Å². The normalized spacial score (nSPS) is 14.6. The highest BCUT2D eigenvalue weighted by atomic mass is 19.3. The van der Waals surface area contributed by atoms with Crippen molar-refractivity contribution in [1.82, 2.24) is 34.5 Å². The molecule has 1 saturated heterocycles. The number of anilines is 1. The number of hydrogen-bond acceptors (Lipinski definition) is 8. The summed E-state index contributed by atoms with van der Waals surface area (Å²) in [7, 11) is 0. The summed E-state index contributed by atoms with van der Waals surface area (Å²) in [5, 5.41) is 0. The zero-order valence-corrected chi connectivity index (χ0v) is 15.7. The molecule has 0 spiro atoms. The van der Waals surface area contributed by atoms with Gasteiger partial charge in [-0.05, 0) is 12.1 Å². The van der Waals surface area contributed by atoms with Crippen molar-refractivity contribution >= 4 is 17.0 Å². The number of aromatic nitrogens is 7. The third-order valence-electron chi connectivity index (χ3n) is 4.71. The Morgan fingerprint density at radius 1 is 0.900 bits per heavy atom. The molecule has 0 aliphatic carbocycles. The fraction of sp³-hybridized carbons (Fsp3) is 0.263. The van der Waals surface area contributed by atoms with Crippen molar-refractivity contribution in [3.8, 4) is 17.3 Å². The van der Waals surface area contributed by atoms with E-state index in [9.17, 15) is 8.78 Å². The molecule has 3 aromatic heterocycles. The summed E-state index contributed by atoms with van der Waals surface area (Å²) in [6.07, 6.45) is 1.72. The summed E-state index contributed by atoms with van der Waals surface area (Å²) in [5.74, 6) is 0.306. The lowest BCUT2D eigenvalue weighted by Crippen LogP contribution is -2.37. The number of fused-ring (bicyclic) bond motifs is 1. The number of imidazole rings is 1. The van der Waals surface area contributed by atoms with E-state index in [0.29, 0.717) is 54.7 Å². The molecule has 0 unspecified atom stereocenters. The molecule has 0 bridgehead atoms. The minimum Gasteiger partial charge on any atom is -0.378 e. The molecule has 0 N–H and O–H groups in total.